The van der Waals surface area contributed by atoms with E-state index in [2.05, 4.69) is 25.9 Å². The Kier molecular flexibility index (Phi) is 6.51. The Morgan fingerprint density at radius 3 is 2.55 bits per heavy atom. The van der Waals surface area contributed by atoms with Crippen molar-refractivity contribution < 1.29 is 14.3 Å². The molecule has 0 aliphatic rings. The van der Waals surface area contributed by atoms with Crippen LogP contribution in [0.2, 0.25) is 0 Å². The molecule has 3 aromatic rings. The highest BCUT2D eigenvalue weighted by Gasteiger charge is 2.17. The minimum absolute atomic E-state index is 0.185. The number of methoxy groups -OCH3 is 1. The van der Waals surface area contributed by atoms with E-state index in [0.717, 1.165) is 11.4 Å². The number of hydrogen-bond donors (Lipinski definition) is 2. The third-order valence-corrected chi connectivity index (χ3v) is 4.15. The largest absolute Gasteiger partial charge is 0.497 e. The predicted octanol–water partition coefficient (Wildman–Crippen LogP) is 2.11. The van der Waals surface area contributed by atoms with Crippen LogP contribution in [0.3, 0.4) is 0 Å². The Balaban J connectivity index is 1.61. The quantitative estimate of drug-likeness (QED) is 0.422. The van der Waals surface area contributed by atoms with Gasteiger partial charge in [-0.25, -0.2) is 0 Å². The smallest absolute Gasteiger partial charge is 0.269 e. The standard InChI is InChI=1S/C20H22N6O3/c1-14(27)18-19(26(25-24-18)15-7-9-16(29-2)10-8-15)22-12-5-13-23-20(28)17-6-3-4-11-21-17/h3-4,6-11,22H,5,12-13H2,1-2H3,(H,23,28). The molecule has 3 rings (SSSR count). The number of amides is 1. The molecule has 150 valence electrons. The molecule has 0 radical (unpaired) electrons. The average molecular weight is 394 g/mol. The van der Waals surface area contributed by atoms with Crippen molar-refractivity contribution in [3.8, 4) is 11.4 Å². The minimum Gasteiger partial charge on any atom is -0.497 e. The molecule has 0 saturated carbocycles. The molecular formula is C20H22N6O3. The number of pyridine rings is 1. The first-order valence-corrected chi connectivity index (χ1v) is 9.14. The van der Waals surface area contributed by atoms with Crippen molar-refractivity contribution in [3.05, 3.63) is 60.0 Å². The van der Waals surface area contributed by atoms with Crippen molar-refractivity contribution in [3.63, 3.8) is 0 Å². The van der Waals surface area contributed by atoms with E-state index in [9.17, 15) is 9.59 Å². The highest BCUT2D eigenvalue weighted by Crippen LogP contribution is 2.21. The topological polar surface area (TPSA) is 111 Å². The Hall–Kier alpha value is -3.75. The molecule has 0 unspecified atom stereocenters. The number of rotatable bonds is 9. The van der Waals surface area contributed by atoms with Gasteiger partial charge in [-0.1, -0.05) is 11.3 Å². The fourth-order valence-electron chi connectivity index (χ4n) is 2.67. The average Bonchev–Trinajstić information content (AvgIpc) is 3.18. The van der Waals surface area contributed by atoms with Gasteiger partial charge >= 0.3 is 0 Å². The number of Topliss-reactive ketones (excluding diaryl/α,β-unsaturated/α-hetero) is 1. The maximum atomic E-state index is 12.0. The molecule has 0 aliphatic heterocycles. The van der Waals surface area contributed by atoms with E-state index in [1.807, 2.05) is 12.1 Å². The Morgan fingerprint density at radius 2 is 1.90 bits per heavy atom. The number of nitrogens with zero attached hydrogens (tertiary/aromatic N) is 4. The third-order valence-electron chi connectivity index (χ3n) is 4.15. The second kappa shape index (κ2) is 9.45. The number of carbonyl (C=O) groups excluding carboxylic acids is 2. The Morgan fingerprint density at radius 1 is 1.10 bits per heavy atom. The molecule has 9 heteroatoms. The zero-order valence-electron chi connectivity index (χ0n) is 16.3. The highest BCUT2D eigenvalue weighted by atomic mass is 16.5. The van der Waals surface area contributed by atoms with Gasteiger partial charge in [-0.2, -0.15) is 4.68 Å². The van der Waals surface area contributed by atoms with Crippen molar-refractivity contribution in [2.75, 3.05) is 25.5 Å². The molecule has 0 atom stereocenters. The normalized spacial score (nSPS) is 10.4. The van der Waals surface area contributed by atoms with Gasteiger partial charge in [0, 0.05) is 26.2 Å². The van der Waals surface area contributed by atoms with Crippen LogP contribution in [0.15, 0.2) is 48.7 Å². The molecule has 0 saturated heterocycles. The van der Waals surface area contributed by atoms with E-state index in [0.29, 0.717) is 31.0 Å². The molecule has 2 N–H and O–H groups in total. The number of hydrogen-bond acceptors (Lipinski definition) is 7. The number of aromatic nitrogens is 4. The number of carbonyl (C=O) groups is 2. The summed E-state index contributed by atoms with van der Waals surface area (Å²) >= 11 is 0. The predicted molar refractivity (Wildman–Crippen MR) is 108 cm³/mol. The van der Waals surface area contributed by atoms with Gasteiger partial charge in [0.25, 0.3) is 5.91 Å². The third kappa shape index (κ3) is 4.95. The SMILES string of the molecule is COc1ccc(-n2nnc(C(C)=O)c2NCCCNC(=O)c2ccccn2)cc1. The second-order valence-corrected chi connectivity index (χ2v) is 6.20. The summed E-state index contributed by atoms with van der Waals surface area (Å²) in [6.45, 7) is 2.43. The van der Waals surface area contributed by atoms with Gasteiger partial charge in [-0.3, -0.25) is 14.6 Å². The fourth-order valence-corrected chi connectivity index (χ4v) is 2.67. The summed E-state index contributed by atoms with van der Waals surface area (Å²) in [5.74, 6) is 0.827. The minimum atomic E-state index is -0.222. The number of nitrogens with one attached hydrogen (secondary N) is 2. The van der Waals surface area contributed by atoms with Crippen LogP contribution in [-0.2, 0) is 0 Å². The van der Waals surface area contributed by atoms with Gasteiger partial charge in [0.05, 0.1) is 12.8 Å². The number of ketones is 1. The maximum absolute atomic E-state index is 12.0. The van der Waals surface area contributed by atoms with Crippen molar-refractivity contribution in [2.24, 2.45) is 0 Å². The Labute approximate surface area is 168 Å². The zero-order chi connectivity index (χ0) is 20.6. The van der Waals surface area contributed by atoms with Crippen molar-refractivity contribution in [2.45, 2.75) is 13.3 Å². The van der Waals surface area contributed by atoms with Crippen LogP contribution in [0.25, 0.3) is 5.69 Å². The molecule has 2 aromatic heterocycles. The molecule has 29 heavy (non-hydrogen) atoms. The van der Waals surface area contributed by atoms with Gasteiger partial charge in [0.2, 0.25) is 0 Å². The molecule has 0 aliphatic carbocycles. The molecule has 9 nitrogen and oxygen atoms in total. The lowest BCUT2D eigenvalue weighted by Gasteiger charge is -2.11. The summed E-state index contributed by atoms with van der Waals surface area (Å²) in [5, 5.41) is 14.1. The first-order chi connectivity index (χ1) is 14.1. The van der Waals surface area contributed by atoms with Crippen LogP contribution >= 0.6 is 0 Å². The second-order valence-electron chi connectivity index (χ2n) is 6.20. The molecule has 0 bridgehead atoms. The van der Waals surface area contributed by atoms with Crippen LogP contribution in [0, 0.1) is 0 Å². The van der Waals surface area contributed by atoms with Crippen LogP contribution in [-0.4, -0.2) is 51.9 Å². The van der Waals surface area contributed by atoms with Crippen molar-refractivity contribution >= 4 is 17.5 Å². The van der Waals surface area contributed by atoms with Gasteiger partial charge < -0.3 is 15.4 Å². The van der Waals surface area contributed by atoms with E-state index in [4.69, 9.17) is 4.74 Å². The van der Waals surface area contributed by atoms with Gasteiger partial charge in [0.15, 0.2) is 17.3 Å². The molecule has 0 spiro atoms. The summed E-state index contributed by atoms with van der Waals surface area (Å²) in [4.78, 5) is 27.9. The lowest BCUT2D eigenvalue weighted by atomic mass is 10.2. The summed E-state index contributed by atoms with van der Waals surface area (Å²) in [5.41, 5.74) is 1.39. The molecule has 0 fully saturated rings. The number of anilines is 1. The molecule has 1 amide bonds. The summed E-state index contributed by atoms with van der Waals surface area (Å²) in [6.07, 6.45) is 2.22. The number of benzene rings is 1. The van der Waals surface area contributed by atoms with E-state index >= 15 is 0 Å². The molecule has 2 heterocycles. The first kappa shape index (κ1) is 20.0. The Bertz CT molecular complexity index is 970. The van der Waals surface area contributed by atoms with E-state index in [-0.39, 0.29) is 17.4 Å². The van der Waals surface area contributed by atoms with Crippen LogP contribution in [0.4, 0.5) is 5.82 Å². The maximum Gasteiger partial charge on any atom is 0.269 e. The number of ether oxygens (including phenoxy) is 1. The van der Waals surface area contributed by atoms with E-state index in [1.54, 1.807) is 48.3 Å². The lowest BCUT2D eigenvalue weighted by Crippen LogP contribution is -2.26. The first-order valence-electron chi connectivity index (χ1n) is 9.14. The van der Waals surface area contributed by atoms with E-state index < -0.39 is 0 Å². The zero-order valence-corrected chi connectivity index (χ0v) is 16.3. The summed E-state index contributed by atoms with van der Waals surface area (Å²) in [6, 6.07) is 12.5. The van der Waals surface area contributed by atoms with Crippen LogP contribution in [0.5, 0.6) is 5.75 Å². The molecular weight excluding hydrogens is 372 g/mol. The van der Waals surface area contributed by atoms with Crippen LogP contribution < -0.4 is 15.4 Å². The summed E-state index contributed by atoms with van der Waals surface area (Å²) < 4.78 is 6.74. The fraction of sp³-hybridized carbons (Fsp3) is 0.250. The van der Waals surface area contributed by atoms with Crippen molar-refractivity contribution in [1.29, 1.82) is 0 Å². The van der Waals surface area contributed by atoms with Gasteiger partial charge in [0.1, 0.15) is 11.4 Å². The van der Waals surface area contributed by atoms with Crippen molar-refractivity contribution in [1.82, 2.24) is 25.3 Å². The monoisotopic (exact) mass is 394 g/mol. The van der Waals surface area contributed by atoms with Crippen LogP contribution in [0.1, 0.15) is 34.3 Å². The summed E-state index contributed by atoms with van der Waals surface area (Å²) in [7, 11) is 1.60. The van der Waals surface area contributed by atoms with E-state index in [1.165, 1.54) is 6.92 Å². The lowest BCUT2D eigenvalue weighted by molar-refractivity contribution is 0.0947. The highest BCUT2D eigenvalue weighted by molar-refractivity contribution is 5.96. The molecule has 1 aromatic carbocycles. The van der Waals surface area contributed by atoms with Gasteiger partial charge in [-0.15, -0.1) is 5.10 Å². The van der Waals surface area contributed by atoms with Gasteiger partial charge in [-0.05, 0) is 42.8 Å².